The van der Waals surface area contributed by atoms with Crippen LogP contribution in [0, 0.1) is 5.41 Å². The van der Waals surface area contributed by atoms with E-state index in [4.69, 9.17) is 4.74 Å². The summed E-state index contributed by atoms with van der Waals surface area (Å²) in [5, 5.41) is 14.3. The molecule has 33 heavy (non-hydrogen) atoms. The number of carboxylic acids is 1. The molecule has 3 N–H and O–H groups in total. The molecule has 1 aliphatic carbocycles. The number of carbonyl (C=O) groups excluding carboxylic acids is 2. The number of amides is 2. The topological polar surface area (TPSA) is 105 Å². The molecule has 0 heterocycles. The highest BCUT2D eigenvalue weighted by Crippen LogP contribution is 2.44. The Morgan fingerprint density at radius 3 is 2.15 bits per heavy atom. The molecule has 2 aromatic carbocycles. The van der Waals surface area contributed by atoms with Crippen LogP contribution in [-0.2, 0) is 14.3 Å². The summed E-state index contributed by atoms with van der Waals surface area (Å²) in [7, 11) is 0. The molecule has 7 heteroatoms. The normalized spacial score (nSPS) is 13.8. The van der Waals surface area contributed by atoms with E-state index < -0.39 is 24.0 Å². The maximum atomic E-state index is 12.1. The van der Waals surface area contributed by atoms with Crippen molar-refractivity contribution >= 4 is 18.0 Å². The average molecular weight is 451 g/mol. The van der Waals surface area contributed by atoms with Crippen molar-refractivity contribution in [3.8, 4) is 11.1 Å². The molecule has 0 saturated carbocycles. The zero-order valence-corrected chi connectivity index (χ0v) is 19.1. The number of carboxylic acid groups (broad SMARTS) is 1. The van der Waals surface area contributed by atoms with Gasteiger partial charge in [-0.3, -0.25) is 4.79 Å². The molecule has 0 aromatic heterocycles. The van der Waals surface area contributed by atoms with Gasteiger partial charge in [0.15, 0.2) is 0 Å². The minimum absolute atomic E-state index is 0.0276. The smallest absolute Gasteiger partial charge is 0.407 e. The number of fused-ring (bicyclic) bond motifs is 3. The molecule has 1 aliphatic rings. The van der Waals surface area contributed by atoms with E-state index in [1.807, 2.05) is 57.2 Å². The summed E-state index contributed by atoms with van der Waals surface area (Å²) in [5.74, 6) is -1.63. The van der Waals surface area contributed by atoms with Gasteiger partial charge in [0.25, 0.3) is 0 Å². The lowest BCUT2D eigenvalue weighted by Gasteiger charge is -2.23. The molecular weight excluding hydrogens is 420 g/mol. The van der Waals surface area contributed by atoms with Gasteiger partial charge in [0, 0.05) is 18.5 Å². The molecule has 7 nitrogen and oxygen atoms in total. The number of hydrogen-bond acceptors (Lipinski definition) is 4. The van der Waals surface area contributed by atoms with Gasteiger partial charge in [0.1, 0.15) is 12.6 Å². The Balaban J connectivity index is 1.47. The summed E-state index contributed by atoms with van der Waals surface area (Å²) >= 11 is 0. The summed E-state index contributed by atoms with van der Waals surface area (Å²) in [6.45, 7) is 6.01. The number of ether oxygens (including phenoxy) is 1. The van der Waals surface area contributed by atoms with Crippen molar-refractivity contribution in [2.45, 2.75) is 39.2 Å². The van der Waals surface area contributed by atoms with Gasteiger partial charge in [-0.1, -0.05) is 75.4 Å². The van der Waals surface area contributed by atoms with Crippen molar-refractivity contribution in [1.82, 2.24) is 10.6 Å². The van der Waals surface area contributed by atoms with Crippen molar-refractivity contribution in [3.63, 3.8) is 0 Å². The Kier molecular flexibility index (Phi) is 7.53. The van der Waals surface area contributed by atoms with Gasteiger partial charge < -0.3 is 20.5 Å². The average Bonchev–Trinajstić information content (AvgIpc) is 3.08. The van der Waals surface area contributed by atoms with Gasteiger partial charge in [-0.25, -0.2) is 9.59 Å². The lowest BCUT2D eigenvalue weighted by atomic mass is 9.88. The zero-order chi connectivity index (χ0) is 24.0. The summed E-state index contributed by atoms with van der Waals surface area (Å²) in [6, 6.07) is 15.2. The summed E-state index contributed by atoms with van der Waals surface area (Å²) < 4.78 is 5.44. The lowest BCUT2D eigenvalue weighted by Crippen LogP contribution is -2.42. The highest BCUT2D eigenvalue weighted by atomic mass is 16.5. The second-order valence-corrected chi connectivity index (χ2v) is 9.27. The third-order valence-corrected chi connectivity index (χ3v) is 5.41. The number of aliphatic carboxylic acids is 1. The van der Waals surface area contributed by atoms with Gasteiger partial charge in [0.2, 0.25) is 5.91 Å². The molecule has 2 aromatic rings. The Morgan fingerprint density at radius 2 is 1.61 bits per heavy atom. The van der Waals surface area contributed by atoms with Crippen LogP contribution < -0.4 is 10.6 Å². The Bertz CT molecular complexity index is 1010. The van der Waals surface area contributed by atoms with E-state index >= 15 is 0 Å². The maximum absolute atomic E-state index is 12.1. The van der Waals surface area contributed by atoms with Crippen molar-refractivity contribution in [2.24, 2.45) is 5.41 Å². The van der Waals surface area contributed by atoms with Gasteiger partial charge in [-0.15, -0.1) is 0 Å². The van der Waals surface area contributed by atoms with Crippen molar-refractivity contribution in [3.05, 3.63) is 71.8 Å². The molecule has 0 saturated heterocycles. The van der Waals surface area contributed by atoms with Crippen LogP contribution in [0.25, 0.3) is 11.1 Å². The molecule has 1 atom stereocenters. The third kappa shape index (κ3) is 6.44. The van der Waals surface area contributed by atoms with Crippen LogP contribution in [0.15, 0.2) is 60.7 Å². The van der Waals surface area contributed by atoms with E-state index in [0.29, 0.717) is 6.42 Å². The number of benzene rings is 2. The monoisotopic (exact) mass is 450 g/mol. The summed E-state index contributed by atoms with van der Waals surface area (Å²) in [4.78, 5) is 35.5. The third-order valence-electron chi connectivity index (χ3n) is 5.41. The van der Waals surface area contributed by atoms with Crippen LogP contribution in [0.4, 0.5) is 4.79 Å². The fourth-order valence-electron chi connectivity index (χ4n) is 3.99. The molecule has 1 unspecified atom stereocenters. The van der Waals surface area contributed by atoms with Crippen LogP contribution in [0.5, 0.6) is 0 Å². The van der Waals surface area contributed by atoms with Crippen LogP contribution in [0.3, 0.4) is 0 Å². The number of carbonyl (C=O) groups is 3. The fraction of sp³-hybridized carbons (Fsp3) is 0.346. The quantitative estimate of drug-likeness (QED) is 0.526. The molecule has 0 aliphatic heterocycles. The zero-order valence-electron chi connectivity index (χ0n) is 19.1. The predicted molar refractivity (Wildman–Crippen MR) is 126 cm³/mol. The summed E-state index contributed by atoms with van der Waals surface area (Å²) in [5.41, 5.74) is 4.33. The Hall–Kier alpha value is -3.61. The first-order valence-electron chi connectivity index (χ1n) is 10.9. The van der Waals surface area contributed by atoms with E-state index in [1.54, 1.807) is 0 Å². The predicted octanol–water partition coefficient (Wildman–Crippen LogP) is 4.09. The molecular formula is C26H30N2O5. The van der Waals surface area contributed by atoms with Gasteiger partial charge in [0.05, 0.1) is 0 Å². The van der Waals surface area contributed by atoms with Crippen LogP contribution >= 0.6 is 0 Å². The molecule has 3 rings (SSSR count). The number of hydrogen-bond donors (Lipinski definition) is 3. The van der Waals surface area contributed by atoms with Crippen molar-refractivity contribution in [1.29, 1.82) is 0 Å². The fourth-order valence-corrected chi connectivity index (χ4v) is 3.99. The van der Waals surface area contributed by atoms with Gasteiger partial charge in [-0.2, -0.15) is 0 Å². The first kappa shape index (κ1) is 24.0. The Labute approximate surface area is 193 Å². The van der Waals surface area contributed by atoms with Crippen LogP contribution in [0.1, 0.15) is 44.2 Å². The van der Waals surface area contributed by atoms with E-state index in [9.17, 15) is 19.5 Å². The van der Waals surface area contributed by atoms with E-state index in [2.05, 4.69) is 22.8 Å². The number of rotatable bonds is 8. The first-order valence-corrected chi connectivity index (χ1v) is 10.9. The second-order valence-electron chi connectivity index (χ2n) is 9.27. The van der Waals surface area contributed by atoms with E-state index in [-0.39, 0.29) is 24.5 Å². The molecule has 0 bridgehead atoms. The van der Waals surface area contributed by atoms with Crippen molar-refractivity contribution in [2.75, 3.05) is 13.2 Å². The highest BCUT2D eigenvalue weighted by molar-refractivity contribution is 5.91. The molecule has 0 spiro atoms. The number of alkyl carbamates (subject to hydrolysis) is 1. The number of nitrogens with one attached hydrogen (secondary N) is 2. The van der Waals surface area contributed by atoms with Crippen molar-refractivity contribution < 1.29 is 24.2 Å². The Morgan fingerprint density at radius 1 is 1.03 bits per heavy atom. The largest absolute Gasteiger partial charge is 0.480 e. The summed E-state index contributed by atoms with van der Waals surface area (Å²) in [6.07, 6.45) is 2.38. The minimum atomic E-state index is -1.08. The molecule has 0 fully saturated rings. The molecule has 0 radical (unpaired) electrons. The highest BCUT2D eigenvalue weighted by Gasteiger charge is 2.29. The van der Waals surface area contributed by atoms with Gasteiger partial charge >= 0.3 is 12.1 Å². The second kappa shape index (κ2) is 10.3. The standard InChI is InChI=1S/C26H30N2O5/c1-26(2,3)15-22(24(30)31)28-23(29)13-8-14-27-25(32)33-16-21-19-11-6-4-9-17(19)18-10-5-7-12-20(18)21/h4-13,21-22H,14-16H2,1-3H3,(H,27,32)(H,28,29)(H,30,31)/b13-8+. The first-order chi connectivity index (χ1) is 15.7. The minimum Gasteiger partial charge on any atom is -0.480 e. The lowest BCUT2D eigenvalue weighted by molar-refractivity contribution is -0.142. The molecule has 2 amide bonds. The van der Waals surface area contributed by atoms with E-state index in [0.717, 1.165) is 22.3 Å². The van der Waals surface area contributed by atoms with Crippen LogP contribution in [-0.4, -0.2) is 42.3 Å². The van der Waals surface area contributed by atoms with E-state index in [1.165, 1.54) is 12.2 Å². The maximum Gasteiger partial charge on any atom is 0.407 e. The SMILES string of the molecule is CC(C)(C)CC(NC(=O)/C=C/CNC(=O)OCC1c2ccccc2-c2ccccc21)C(=O)O. The van der Waals surface area contributed by atoms with Crippen LogP contribution in [0.2, 0.25) is 0 Å². The van der Waals surface area contributed by atoms with Gasteiger partial charge in [-0.05, 0) is 34.1 Å². The molecule has 174 valence electrons.